The van der Waals surface area contributed by atoms with E-state index in [1.165, 1.54) is 6.20 Å². The predicted octanol–water partition coefficient (Wildman–Crippen LogP) is 1.25. The van der Waals surface area contributed by atoms with Crippen molar-refractivity contribution in [2.45, 2.75) is 63.3 Å². The van der Waals surface area contributed by atoms with Crippen molar-refractivity contribution in [3.05, 3.63) is 36.0 Å². The van der Waals surface area contributed by atoms with Crippen LogP contribution in [0.3, 0.4) is 0 Å². The first-order chi connectivity index (χ1) is 19.4. The second kappa shape index (κ2) is 16.3. The summed E-state index contributed by atoms with van der Waals surface area (Å²) in [5, 5.41) is 5.94. The fourth-order valence-corrected chi connectivity index (χ4v) is 4.50. The Morgan fingerprint density at radius 2 is 1.80 bits per heavy atom. The Hall–Kier alpha value is -4.00. The highest BCUT2D eigenvalue weighted by molar-refractivity contribution is 7.80. The predicted molar refractivity (Wildman–Crippen MR) is 159 cm³/mol. The second-order valence-corrected chi connectivity index (χ2v) is 10.7. The second-order valence-electron chi connectivity index (χ2n) is 10.3. The molecule has 2 rings (SSSR count). The van der Waals surface area contributed by atoms with Gasteiger partial charge in [-0.15, -0.1) is 12.6 Å². The first-order valence-corrected chi connectivity index (χ1v) is 13.9. The largest absolute Gasteiger partial charge is 0.370 e. The van der Waals surface area contributed by atoms with Gasteiger partial charge in [-0.3, -0.25) is 33.9 Å². The number of primary amides is 1. The number of hydrogen-bond acceptors (Lipinski definition) is 8. The van der Waals surface area contributed by atoms with Gasteiger partial charge in [0.05, 0.1) is 23.7 Å². The standard InChI is InChI=1S/C28H39N7O5S/c1-16(2)11-18(26(29)39)13-22(37)21(6-4-10-32-28(30)31)35-24(38)9-8-20(36)15-34-27(40)19-12-17-5-3-7-23(41)25(17)33-14-19/h3,5,7,12,14,16,18,21,41H,4,6,8-11,13,15H2,1-2H3,(H2,29,39)(H,34,40)(H,35,38)(H4,30,31,32)/t18-,21+/m1/s1. The molecule has 0 saturated heterocycles. The number of nitrogens with one attached hydrogen (secondary N) is 2. The van der Waals surface area contributed by atoms with E-state index >= 15 is 0 Å². The molecule has 8 N–H and O–H groups in total. The molecule has 12 nitrogen and oxygen atoms in total. The Balaban J connectivity index is 1.91. The van der Waals surface area contributed by atoms with E-state index in [9.17, 15) is 24.0 Å². The van der Waals surface area contributed by atoms with Crippen LogP contribution >= 0.6 is 12.6 Å². The number of para-hydroxylation sites is 1. The van der Waals surface area contributed by atoms with Crippen LogP contribution in [0.4, 0.5) is 0 Å². The van der Waals surface area contributed by atoms with Gasteiger partial charge in [0.25, 0.3) is 5.91 Å². The van der Waals surface area contributed by atoms with E-state index in [1.54, 1.807) is 24.3 Å². The molecule has 0 spiro atoms. The van der Waals surface area contributed by atoms with Crippen molar-refractivity contribution in [3.8, 4) is 0 Å². The lowest BCUT2D eigenvalue weighted by Crippen LogP contribution is -2.43. The van der Waals surface area contributed by atoms with Crippen molar-refractivity contribution in [2.75, 3.05) is 13.1 Å². The van der Waals surface area contributed by atoms with E-state index in [2.05, 4.69) is 33.2 Å². The molecule has 1 aromatic carbocycles. The molecular weight excluding hydrogens is 546 g/mol. The van der Waals surface area contributed by atoms with Gasteiger partial charge in [-0.05, 0) is 37.3 Å². The first-order valence-electron chi connectivity index (χ1n) is 13.4. The number of carbonyl (C=O) groups is 5. The number of Topliss-reactive ketones (excluding diaryl/α,β-unsaturated/α-hetero) is 2. The Morgan fingerprint density at radius 3 is 2.46 bits per heavy atom. The van der Waals surface area contributed by atoms with Crippen LogP contribution in [0.15, 0.2) is 40.4 Å². The van der Waals surface area contributed by atoms with Crippen LogP contribution in [0, 0.1) is 11.8 Å². The maximum absolute atomic E-state index is 13.0. The fourth-order valence-electron chi connectivity index (χ4n) is 4.23. The molecule has 2 aromatic rings. The quantitative estimate of drug-likeness (QED) is 0.0686. The van der Waals surface area contributed by atoms with Crippen molar-refractivity contribution in [2.24, 2.45) is 34.0 Å². The van der Waals surface area contributed by atoms with Gasteiger partial charge >= 0.3 is 0 Å². The van der Waals surface area contributed by atoms with Crippen LogP contribution in [0.25, 0.3) is 10.9 Å². The van der Waals surface area contributed by atoms with E-state index < -0.39 is 29.7 Å². The Bertz CT molecular complexity index is 1290. The molecule has 1 aromatic heterocycles. The summed E-state index contributed by atoms with van der Waals surface area (Å²) in [7, 11) is 0. The van der Waals surface area contributed by atoms with Crippen LogP contribution < -0.4 is 27.8 Å². The maximum Gasteiger partial charge on any atom is 0.253 e. The van der Waals surface area contributed by atoms with Gasteiger partial charge in [0, 0.05) is 48.2 Å². The van der Waals surface area contributed by atoms with Gasteiger partial charge in [0.2, 0.25) is 11.8 Å². The third kappa shape index (κ3) is 11.6. The number of carbonyl (C=O) groups excluding carboxylic acids is 5. The summed E-state index contributed by atoms with van der Waals surface area (Å²) in [6, 6.07) is 6.16. The highest BCUT2D eigenvalue weighted by Gasteiger charge is 2.27. The number of pyridine rings is 1. The lowest BCUT2D eigenvalue weighted by Gasteiger charge is -2.21. The summed E-state index contributed by atoms with van der Waals surface area (Å²) >= 11 is 4.35. The molecular formula is C28H39N7O5S. The Morgan fingerprint density at radius 1 is 1.07 bits per heavy atom. The van der Waals surface area contributed by atoms with Gasteiger partial charge < -0.3 is 27.8 Å². The fraction of sp³-hybridized carbons (Fsp3) is 0.464. The SMILES string of the molecule is CC(C)C[C@H](CC(=O)[C@H](CCCN=C(N)N)NC(=O)CCC(=O)CNC(=O)c1cnc2c(S)cccc2c1)C(N)=O. The zero-order valence-corrected chi connectivity index (χ0v) is 24.3. The number of nitrogens with two attached hydrogens (primary N) is 3. The van der Waals surface area contributed by atoms with Crippen LogP contribution in [-0.2, 0) is 19.2 Å². The minimum atomic E-state index is -0.890. The van der Waals surface area contributed by atoms with Crippen molar-refractivity contribution < 1.29 is 24.0 Å². The van der Waals surface area contributed by atoms with Crippen molar-refractivity contribution >= 4 is 58.8 Å². The third-order valence-corrected chi connectivity index (χ3v) is 6.66. The summed E-state index contributed by atoms with van der Waals surface area (Å²) < 4.78 is 0. The van der Waals surface area contributed by atoms with Gasteiger partial charge in [-0.2, -0.15) is 0 Å². The van der Waals surface area contributed by atoms with Crippen LogP contribution in [0.1, 0.15) is 62.7 Å². The lowest BCUT2D eigenvalue weighted by molar-refractivity contribution is -0.131. The molecule has 2 atom stereocenters. The number of fused-ring (bicyclic) bond motifs is 1. The number of nitrogens with zero attached hydrogens (tertiary/aromatic N) is 2. The Labute approximate surface area is 244 Å². The van der Waals surface area contributed by atoms with Crippen molar-refractivity contribution in [1.82, 2.24) is 15.6 Å². The molecule has 222 valence electrons. The number of thiol groups is 1. The zero-order valence-electron chi connectivity index (χ0n) is 23.4. The van der Waals surface area contributed by atoms with E-state index in [-0.39, 0.29) is 67.8 Å². The number of ketones is 2. The van der Waals surface area contributed by atoms with Gasteiger partial charge in [0.15, 0.2) is 17.5 Å². The number of aromatic nitrogens is 1. The van der Waals surface area contributed by atoms with Crippen molar-refractivity contribution in [1.29, 1.82) is 0 Å². The Kier molecular flexibility index (Phi) is 13.2. The number of aliphatic imine (C=N–C) groups is 1. The van der Waals surface area contributed by atoms with E-state index in [0.717, 1.165) is 5.39 Å². The average Bonchev–Trinajstić information content (AvgIpc) is 2.91. The maximum atomic E-state index is 13.0. The molecule has 0 aliphatic heterocycles. The molecule has 0 unspecified atom stereocenters. The minimum Gasteiger partial charge on any atom is -0.370 e. The molecule has 3 amide bonds. The molecule has 0 radical (unpaired) electrons. The average molecular weight is 586 g/mol. The molecule has 0 fully saturated rings. The van der Waals surface area contributed by atoms with Crippen LogP contribution in [0.5, 0.6) is 0 Å². The molecule has 0 bridgehead atoms. The zero-order chi connectivity index (χ0) is 30.5. The van der Waals surface area contributed by atoms with E-state index in [1.807, 2.05) is 13.8 Å². The van der Waals surface area contributed by atoms with Gasteiger partial charge in [0.1, 0.15) is 0 Å². The molecule has 0 aliphatic rings. The van der Waals surface area contributed by atoms with E-state index in [4.69, 9.17) is 17.2 Å². The highest BCUT2D eigenvalue weighted by atomic mass is 32.1. The monoisotopic (exact) mass is 585 g/mol. The van der Waals surface area contributed by atoms with Crippen molar-refractivity contribution in [3.63, 3.8) is 0 Å². The van der Waals surface area contributed by atoms with Crippen LogP contribution in [0.2, 0.25) is 0 Å². The number of amides is 3. The number of rotatable bonds is 17. The summed E-state index contributed by atoms with van der Waals surface area (Å²) in [5.74, 6) is -2.83. The summed E-state index contributed by atoms with van der Waals surface area (Å²) in [5.41, 5.74) is 17.1. The van der Waals surface area contributed by atoms with Gasteiger partial charge in [-0.1, -0.05) is 26.0 Å². The lowest BCUT2D eigenvalue weighted by atomic mass is 9.89. The first kappa shape index (κ1) is 33.2. The normalized spacial score (nSPS) is 12.4. The highest BCUT2D eigenvalue weighted by Crippen LogP contribution is 2.20. The molecule has 0 saturated carbocycles. The summed E-state index contributed by atoms with van der Waals surface area (Å²) in [6.45, 7) is 3.83. The van der Waals surface area contributed by atoms with E-state index in [0.29, 0.717) is 23.3 Å². The minimum absolute atomic E-state index is 0.0862. The number of benzene rings is 1. The molecule has 1 heterocycles. The summed E-state index contributed by atoms with van der Waals surface area (Å²) in [6.07, 6.45) is 2.07. The number of guanidine groups is 1. The topological polar surface area (TPSA) is 213 Å². The van der Waals surface area contributed by atoms with Crippen LogP contribution in [-0.4, -0.2) is 59.4 Å². The third-order valence-electron chi connectivity index (χ3n) is 6.30. The number of hydrogen-bond donors (Lipinski definition) is 6. The molecule has 13 heteroatoms. The summed E-state index contributed by atoms with van der Waals surface area (Å²) in [4.78, 5) is 71.2. The molecule has 0 aliphatic carbocycles. The molecule has 41 heavy (non-hydrogen) atoms. The smallest absolute Gasteiger partial charge is 0.253 e. The van der Waals surface area contributed by atoms with Gasteiger partial charge in [-0.25, -0.2) is 0 Å².